The van der Waals surface area contributed by atoms with Gasteiger partial charge in [-0.1, -0.05) is 52.2 Å². The van der Waals surface area contributed by atoms with Crippen molar-refractivity contribution in [3.8, 4) is 5.75 Å². The average Bonchev–Trinajstić information content (AvgIpc) is 2.54. The third-order valence-corrected chi connectivity index (χ3v) is 8.13. The van der Waals surface area contributed by atoms with Crippen molar-refractivity contribution in [2.24, 2.45) is 0 Å². The Kier molecular flexibility index (Phi) is 5.62. The lowest BCUT2D eigenvalue weighted by Gasteiger charge is -2.47. The summed E-state index contributed by atoms with van der Waals surface area (Å²) in [4.78, 5) is 0. The van der Waals surface area contributed by atoms with Crippen LogP contribution in [0.25, 0.3) is 0 Å². The van der Waals surface area contributed by atoms with Gasteiger partial charge in [0.15, 0.2) is 9.63 Å². The van der Waals surface area contributed by atoms with Gasteiger partial charge in [-0.25, -0.2) is 13.0 Å². The van der Waals surface area contributed by atoms with E-state index in [0.717, 1.165) is 12.0 Å². The lowest BCUT2D eigenvalue weighted by atomic mass is 9.87. The number of hydrogen-bond acceptors (Lipinski definition) is 3. The number of alkyl halides is 2. The van der Waals surface area contributed by atoms with Crippen molar-refractivity contribution in [3.05, 3.63) is 29.8 Å². The smallest absolute Gasteiger partial charge is 0.279 e. The van der Waals surface area contributed by atoms with Crippen LogP contribution in [0.2, 0.25) is 0 Å². The predicted octanol–water partition coefficient (Wildman–Crippen LogP) is 4.49. The molecule has 0 spiro atoms. The molecule has 1 saturated carbocycles. The van der Waals surface area contributed by atoms with Crippen molar-refractivity contribution in [1.82, 2.24) is 0 Å². The lowest BCUT2D eigenvalue weighted by Crippen LogP contribution is -2.60. The van der Waals surface area contributed by atoms with E-state index in [0.29, 0.717) is 12.8 Å². The lowest BCUT2D eigenvalue weighted by molar-refractivity contribution is 0.0285. The highest BCUT2D eigenvalue weighted by Gasteiger charge is 2.55. The molecule has 2 N–H and O–H groups in total. The van der Waals surface area contributed by atoms with Crippen LogP contribution in [0.15, 0.2) is 24.3 Å². The molecule has 144 valence electrons. The van der Waals surface area contributed by atoms with E-state index in [1.54, 1.807) is 12.1 Å². The molecule has 0 aromatic heterocycles. The first-order valence-corrected chi connectivity index (χ1v) is 10.6. The van der Waals surface area contributed by atoms with Gasteiger partial charge in [-0.3, -0.25) is 4.55 Å². The Bertz CT molecular complexity index is 648. The van der Waals surface area contributed by atoms with E-state index in [4.69, 9.17) is 4.18 Å². The molecule has 7 heteroatoms. The van der Waals surface area contributed by atoms with Gasteiger partial charge in [0.25, 0.3) is 6.43 Å². The molecule has 1 unspecified atom stereocenters. The fourth-order valence-corrected chi connectivity index (χ4v) is 5.91. The number of halogens is 2. The van der Waals surface area contributed by atoms with Crippen molar-refractivity contribution in [2.75, 3.05) is 0 Å². The van der Waals surface area contributed by atoms with Gasteiger partial charge in [0.05, 0.1) is 5.25 Å². The van der Waals surface area contributed by atoms with Crippen LogP contribution in [0.1, 0.15) is 58.4 Å². The zero-order chi connectivity index (χ0) is 18.9. The van der Waals surface area contributed by atoms with Gasteiger partial charge < -0.3 is 9.29 Å². The molecule has 0 saturated heterocycles. The molecule has 0 radical (unpaired) electrons. The van der Waals surface area contributed by atoms with E-state index in [-0.39, 0.29) is 24.0 Å². The van der Waals surface area contributed by atoms with Gasteiger partial charge >= 0.3 is 0 Å². The monoisotopic (exact) mass is 378 g/mol. The minimum Gasteiger partial charge on any atom is -0.401 e. The number of aliphatic hydroxyl groups excluding tert-OH is 1. The van der Waals surface area contributed by atoms with Gasteiger partial charge in [0.1, 0.15) is 5.75 Å². The Morgan fingerprint density at radius 2 is 1.64 bits per heavy atom. The molecule has 1 aliphatic carbocycles. The number of hydrogen-bond donors (Lipinski definition) is 2. The van der Waals surface area contributed by atoms with Gasteiger partial charge in [0.2, 0.25) is 5.44 Å². The first-order valence-electron chi connectivity index (χ1n) is 8.61. The first kappa shape index (κ1) is 20.3. The molecule has 25 heavy (non-hydrogen) atoms. The molecular weight excluding hydrogens is 350 g/mol. The Hall–Kier alpha value is -1.05. The maximum absolute atomic E-state index is 13.3. The van der Waals surface area contributed by atoms with Crippen LogP contribution in [-0.2, 0) is 15.0 Å². The molecule has 2 rings (SSSR count). The standard InChI is InChI=1S/C18H28F2O4S/c1-18(2,3)13-9-11-14(12-10-13)24-25(22,23,17(21)16(19)20)15-7-5-4-6-8-15/h9-12,15-17,21H,4-8H2,1-3H3,(H,22,23). The Balaban J connectivity index is 2.38. The summed E-state index contributed by atoms with van der Waals surface area (Å²) in [6.07, 6.45) is -0.605. The predicted molar refractivity (Wildman–Crippen MR) is 95.4 cm³/mol. The summed E-state index contributed by atoms with van der Waals surface area (Å²) < 4.78 is 55.8. The van der Waals surface area contributed by atoms with Gasteiger partial charge in [0, 0.05) is 0 Å². The number of aliphatic hydroxyl groups is 1. The van der Waals surface area contributed by atoms with Crippen LogP contribution >= 0.6 is 0 Å². The van der Waals surface area contributed by atoms with Crippen LogP contribution in [0.5, 0.6) is 5.75 Å². The van der Waals surface area contributed by atoms with Crippen LogP contribution in [0, 0.1) is 0 Å². The molecule has 0 heterocycles. The minimum absolute atomic E-state index is 0.0118. The highest BCUT2D eigenvalue weighted by molar-refractivity contribution is 8.12. The van der Waals surface area contributed by atoms with E-state index >= 15 is 0 Å². The highest BCUT2D eigenvalue weighted by atomic mass is 32.3. The fourth-order valence-electron chi connectivity index (χ4n) is 3.21. The molecule has 0 aliphatic heterocycles. The largest absolute Gasteiger partial charge is 0.401 e. The van der Waals surface area contributed by atoms with Crippen molar-refractivity contribution in [2.45, 2.75) is 75.4 Å². The number of rotatable bonds is 5. The maximum atomic E-state index is 13.3. The van der Waals surface area contributed by atoms with Crippen molar-refractivity contribution < 1.29 is 26.8 Å². The summed E-state index contributed by atoms with van der Waals surface area (Å²) in [7, 11) is -5.46. The Morgan fingerprint density at radius 1 is 1.12 bits per heavy atom. The van der Waals surface area contributed by atoms with Crippen LogP contribution in [0.4, 0.5) is 8.78 Å². The summed E-state index contributed by atoms with van der Waals surface area (Å²) in [6, 6.07) is 6.45. The third kappa shape index (κ3) is 4.20. The van der Waals surface area contributed by atoms with Crippen LogP contribution in [-0.4, -0.2) is 31.0 Å². The quantitative estimate of drug-likeness (QED) is 0.792. The maximum Gasteiger partial charge on any atom is 0.279 e. The summed E-state index contributed by atoms with van der Waals surface area (Å²) in [6.45, 7) is 6.05. The van der Waals surface area contributed by atoms with Crippen molar-refractivity contribution in [1.29, 1.82) is 0 Å². The van der Waals surface area contributed by atoms with Gasteiger partial charge in [-0.15, -0.1) is 0 Å². The summed E-state index contributed by atoms with van der Waals surface area (Å²) >= 11 is 0. The molecule has 1 aliphatic rings. The van der Waals surface area contributed by atoms with Crippen LogP contribution in [0.3, 0.4) is 0 Å². The molecule has 1 aromatic carbocycles. The molecule has 1 aromatic rings. The number of benzene rings is 1. The molecule has 1 atom stereocenters. The molecule has 0 bridgehead atoms. The van der Waals surface area contributed by atoms with Crippen LogP contribution < -0.4 is 4.18 Å². The first-order chi connectivity index (χ1) is 11.4. The third-order valence-electron chi connectivity index (χ3n) is 4.81. The van der Waals surface area contributed by atoms with Crippen molar-refractivity contribution >= 4 is 9.63 Å². The molecule has 1 fully saturated rings. The van der Waals surface area contributed by atoms with E-state index in [1.165, 1.54) is 12.1 Å². The van der Waals surface area contributed by atoms with Crippen molar-refractivity contribution in [3.63, 3.8) is 0 Å². The zero-order valence-electron chi connectivity index (χ0n) is 15.0. The summed E-state index contributed by atoms with van der Waals surface area (Å²) in [5.41, 5.74) is -1.87. The SMILES string of the molecule is CC(C)(C)c1ccc(OS(=O)(O)(C2CCCCC2)C(O)C(F)F)cc1. The second-order valence-corrected chi connectivity index (χ2v) is 11.0. The Labute approximate surface area is 148 Å². The van der Waals surface area contributed by atoms with E-state index in [9.17, 15) is 22.6 Å². The molecule has 0 amide bonds. The topological polar surface area (TPSA) is 66.8 Å². The van der Waals surface area contributed by atoms with E-state index in [2.05, 4.69) is 0 Å². The Morgan fingerprint density at radius 3 is 2.08 bits per heavy atom. The van der Waals surface area contributed by atoms with E-state index in [1.807, 2.05) is 20.8 Å². The fraction of sp³-hybridized carbons (Fsp3) is 0.667. The highest BCUT2D eigenvalue weighted by Crippen LogP contribution is 2.43. The second kappa shape index (κ2) is 6.93. The van der Waals surface area contributed by atoms with Gasteiger partial charge in [-0.05, 0) is 36.0 Å². The molecule has 4 nitrogen and oxygen atoms in total. The second-order valence-electron chi connectivity index (χ2n) is 7.79. The normalized spacial score (nSPS) is 20.1. The average molecular weight is 378 g/mol. The van der Waals surface area contributed by atoms with E-state index < -0.39 is 26.7 Å². The zero-order valence-corrected chi connectivity index (χ0v) is 15.8. The minimum atomic E-state index is -5.46. The summed E-state index contributed by atoms with van der Waals surface area (Å²) in [5, 5.41) is 8.91. The molecular formula is C18H28F2O4S. The van der Waals surface area contributed by atoms with Gasteiger partial charge in [-0.2, -0.15) is 0 Å². The summed E-state index contributed by atoms with van der Waals surface area (Å²) in [5.74, 6) is 0.0118.